The average molecular weight is 368 g/mol. The van der Waals surface area contributed by atoms with Gasteiger partial charge >= 0.3 is 5.97 Å². The van der Waals surface area contributed by atoms with Crippen LogP contribution in [0.4, 0.5) is 0 Å². The molecule has 0 amide bonds. The molecule has 3 heterocycles. The molecule has 9 heteroatoms. The van der Waals surface area contributed by atoms with E-state index in [1.165, 1.54) is 6.26 Å². The van der Waals surface area contributed by atoms with E-state index < -0.39 is 11.5 Å². The van der Waals surface area contributed by atoms with Crippen LogP contribution in [0.25, 0.3) is 11.7 Å². The van der Waals surface area contributed by atoms with Gasteiger partial charge in [-0.3, -0.25) is 9.59 Å². The summed E-state index contributed by atoms with van der Waals surface area (Å²) >= 11 is 0. The van der Waals surface area contributed by atoms with Crippen molar-refractivity contribution in [2.75, 3.05) is 0 Å². The van der Waals surface area contributed by atoms with Crippen LogP contribution in [0.5, 0.6) is 0 Å². The second-order valence-corrected chi connectivity index (χ2v) is 5.81. The highest BCUT2D eigenvalue weighted by molar-refractivity contribution is 5.69. The Balaban J connectivity index is 1.58. The van der Waals surface area contributed by atoms with Gasteiger partial charge in [-0.15, -0.1) is 10.2 Å². The zero-order chi connectivity index (χ0) is 19.4. The van der Waals surface area contributed by atoms with Gasteiger partial charge in [0.2, 0.25) is 0 Å². The Kier molecular flexibility index (Phi) is 5.17. The molecule has 0 unspecified atom stereocenters. The van der Waals surface area contributed by atoms with Crippen LogP contribution in [0.1, 0.15) is 34.7 Å². The maximum Gasteiger partial charge on any atom is 0.306 e. The van der Waals surface area contributed by atoms with Crippen LogP contribution in [0.15, 0.2) is 32.0 Å². The van der Waals surface area contributed by atoms with Gasteiger partial charge in [0.25, 0.3) is 17.3 Å². The molecule has 0 atom stereocenters. The van der Waals surface area contributed by atoms with Gasteiger partial charge in [-0.2, -0.15) is 5.26 Å². The van der Waals surface area contributed by atoms with Crippen LogP contribution in [-0.4, -0.2) is 21.2 Å². The fourth-order valence-corrected chi connectivity index (χ4v) is 2.67. The largest absolute Gasteiger partial charge is 0.459 e. The lowest BCUT2D eigenvalue weighted by atomic mass is 9.99. The summed E-state index contributed by atoms with van der Waals surface area (Å²) in [4.78, 5) is 26.4. The third-order valence-corrected chi connectivity index (χ3v) is 4.05. The first kappa shape index (κ1) is 18.1. The van der Waals surface area contributed by atoms with Gasteiger partial charge in [-0.25, -0.2) is 0 Å². The van der Waals surface area contributed by atoms with E-state index >= 15 is 0 Å². The second kappa shape index (κ2) is 7.70. The van der Waals surface area contributed by atoms with Crippen LogP contribution in [-0.2, 0) is 22.6 Å². The van der Waals surface area contributed by atoms with Crippen molar-refractivity contribution in [2.45, 2.75) is 33.3 Å². The summed E-state index contributed by atoms with van der Waals surface area (Å²) in [6.45, 7) is 3.26. The second-order valence-electron chi connectivity index (χ2n) is 5.81. The van der Waals surface area contributed by atoms with Crippen LogP contribution in [0, 0.1) is 25.2 Å². The molecule has 138 valence electrons. The summed E-state index contributed by atoms with van der Waals surface area (Å²) in [6.07, 6.45) is 1.90. The van der Waals surface area contributed by atoms with Gasteiger partial charge in [-0.05, 0) is 43.5 Å². The predicted octanol–water partition coefficient (Wildman–Crippen LogP) is 2.18. The highest BCUT2D eigenvalue weighted by atomic mass is 16.5. The number of furan rings is 1. The van der Waals surface area contributed by atoms with Gasteiger partial charge in [0.15, 0.2) is 12.4 Å². The first-order valence-electron chi connectivity index (χ1n) is 8.14. The molecule has 0 saturated heterocycles. The van der Waals surface area contributed by atoms with Gasteiger partial charge in [-0.1, -0.05) is 0 Å². The summed E-state index contributed by atoms with van der Waals surface area (Å²) in [5, 5.41) is 16.7. The molecule has 0 radical (unpaired) electrons. The van der Waals surface area contributed by atoms with E-state index in [-0.39, 0.29) is 30.4 Å². The van der Waals surface area contributed by atoms with Crippen molar-refractivity contribution < 1.29 is 18.4 Å². The number of nitriles is 1. The number of nitrogens with zero attached hydrogens (tertiary/aromatic N) is 3. The lowest BCUT2D eigenvalue weighted by molar-refractivity contribution is -0.145. The molecule has 3 aromatic heterocycles. The summed E-state index contributed by atoms with van der Waals surface area (Å²) in [6, 6.07) is 5.25. The lowest BCUT2D eigenvalue weighted by Gasteiger charge is -2.10. The highest BCUT2D eigenvalue weighted by Crippen LogP contribution is 2.18. The number of rotatable bonds is 6. The molecule has 3 rings (SSSR count). The van der Waals surface area contributed by atoms with Crippen LogP contribution >= 0.6 is 0 Å². The van der Waals surface area contributed by atoms with E-state index in [1.807, 2.05) is 6.07 Å². The Labute approximate surface area is 153 Å². The van der Waals surface area contributed by atoms with E-state index in [2.05, 4.69) is 15.2 Å². The first-order valence-corrected chi connectivity index (χ1v) is 8.14. The van der Waals surface area contributed by atoms with Crippen molar-refractivity contribution in [3.63, 3.8) is 0 Å². The standard InChI is InChI=1S/C18H16N4O5/c1-10-12(11(2)20-17(24)13(10)8-19)5-6-16(23)26-9-15-21-22-18(27-15)14-4-3-7-25-14/h3-4,7H,5-6,9H2,1-2H3,(H,20,24). The summed E-state index contributed by atoms with van der Waals surface area (Å²) < 4.78 is 15.6. The number of nitrogens with one attached hydrogen (secondary N) is 1. The quantitative estimate of drug-likeness (QED) is 0.654. The SMILES string of the molecule is Cc1[nH]c(=O)c(C#N)c(C)c1CCC(=O)OCc1nnc(-c2ccco2)o1. The summed E-state index contributed by atoms with van der Waals surface area (Å²) in [5.74, 6) is 0.321. The van der Waals surface area contributed by atoms with Crippen molar-refractivity contribution in [3.05, 3.63) is 57.0 Å². The van der Waals surface area contributed by atoms with E-state index in [9.17, 15) is 9.59 Å². The number of aromatic amines is 1. The van der Waals surface area contributed by atoms with Crippen molar-refractivity contribution in [2.24, 2.45) is 0 Å². The lowest BCUT2D eigenvalue weighted by Crippen LogP contribution is -2.17. The highest BCUT2D eigenvalue weighted by Gasteiger charge is 2.15. The number of carbonyl (C=O) groups is 1. The normalized spacial score (nSPS) is 10.6. The zero-order valence-electron chi connectivity index (χ0n) is 14.7. The Bertz CT molecular complexity index is 1060. The average Bonchev–Trinajstić information content (AvgIpc) is 3.31. The van der Waals surface area contributed by atoms with Gasteiger partial charge < -0.3 is 18.6 Å². The number of carbonyl (C=O) groups excluding carboxylic acids is 1. The molecule has 0 saturated carbocycles. The molecule has 0 aliphatic carbocycles. The minimum absolute atomic E-state index is 0.0558. The van der Waals surface area contributed by atoms with E-state index in [0.29, 0.717) is 23.4 Å². The van der Waals surface area contributed by atoms with Gasteiger partial charge in [0.05, 0.1) is 6.26 Å². The Morgan fingerprint density at radius 2 is 2.19 bits per heavy atom. The van der Waals surface area contributed by atoms with Crippen molar-refractivity contribution >= 4 is 5.97 Å². The molecule has 0 spiro atoms. The fraction of sp³-hybridized carbons (Fsp3) is 0.278. The van der Waals surface area contributed by atoms with Gasteiger partial charge in [0.1, 0.15) is 11.6 Å². The number of esters is 1. The Morgan fingerprint density at radius 3 is 2.89 bits per heavy atom. The third kappa shape index (κ3) is 3.95. The number of ether oxygens (including phenoxy) is 1. The molecule has 9 nitrogen and oxygen atoms in total. The van der Waals surface area contributed by atoms with Crippen molar-refractivity contribution in [1.82, 2.24) is 15.2 Å². The maximum atomic E-state index is 12.0. The van der Waals surface area contributed by atoms with Crippen LogP contribution in [0.2, 0.25) is 0 Å². The number of aromatic nitrogens is 3. The van der Waals surface area contributed by atoms with E-state index in [4.69, 9.17) is 18.8 Å². The topological polar surface area (TPSA) is 135 Å². The van der Waals surface area contributed by atoms with Crippen LogP contribution in [0.3, 0.4) is 0 Å². The zero-order valence-corrected chi connectivity index (χ0v) is 14.7. The first-order chi connectivity index (χ1) is 13.0. The van der Waals surface area contributed by atoms with Crippen LogP contribution < -0.4 is 5.56 Å². The molecule has 0 aliphatic heterocycles. The molecule has 0 fully saturated rings. The molecule has 0 bridgehead atoms. The monoisotopic (exact) mass is 368 g/mol. The fourth-order valence-electron chi connectivity index (χ4n) is 2.67. The molecule has 0 aromatic carbocycles. The Hall–Kier alpha value is -3.67. The minimum Gasteiger partial charge on any atom is -0.459 e. The number of pyridine rings is 1. The molecular weight excluding hydrogens is 352 g/mol. The molecule has 27 heavy (non-hydrogen) atoms. The number of hydrogen-bond acceptors (Lipinski definition) is 8. The molecule has 0 aliphatic rings. The number of H-pyrrole nitrogens is 1. The smallest absolute Gasteiger partial charge is 0.306 e. The van der Waals surface area contributed by atoms with E-state index in [1.54, 1.807) is 26.0 Å². The minimum atomic E-state index is -0.462. The molecule has 1 N–H and O–H groups in total. The predicted molar refractivity (Wildman–Crippen MR) is 91.4 cm³/mol. The Morgan fingerprint density at radius 1 is 1.37 bits per heavy atom. The molecular formula is C18H16N4O5. The van der Waals surface area contributed by atoms with Crippen molar-refractivity contribution in [3.8, 4) is 17.7 Å². The summed E-state index contributed by atoms with van der Waals surface area (Å²) in [5.41, 5.74) is 1.58. The molecule has 3 aromatic rings. The summed E-state index contributed by atoms with van der Waals surface area (Å²) in [7, 11) is 0. The van der Waals surface area contributed by atoms with Gasteiger partial charge in [0, 0.05) is 12.1 Å². The number of hydrogen-bond donors (Lipinski definition) is 1. The number of aryl methyl sites for hydroxylation is 1. The third-order valence-electron chi connectivity index (χ3n) is 4.05. The maximum absolute atomic E-state index is 12.0. The van der Waals surface area contributed by atoms with Crippen molar-refractivity contribution in [1.29, 1.82) is 5.26 Å². The van der Waals surface area contributed by atoms with E-state index in [0.717, 1.165) is 5.56 Å².